The van der Waals surface area contributed by atoms with E-state index >= 15 is 0 Å². The highest BCUT2D eigenvalue weighted by Crippen LogP contribution is 2.24. The van der Waals surface area contributed by atoms with Crippen LogP contribution >= 0.6 is 11.6 Å². The van der Waals surface area contributed by atoms with E-state index in [4.69, 9.17) is 26.1 Å². The highest BCUT2D eigenvalue weighted by molar-refractivity contribution is 6.30. The van der Waals surface area contributed by atoms with Gasteiger partial charge in [-0.3, -0.25) is 9.89 Å². The molecule has 7 heteroatoms. The molecule has 0 saturated carbocycles. The van der Waals surface area contributed by atoms with Crippen LogP contribution in [0.3, 0.4) is 0 Å². The average Bonchev–Trinajstić information content (AvgIpc) is 2.71. The van der Waals surface area contributed by atoms with Crippen LogP contribution in [0.5, 0.6) is 0 Å². The van der Waals surface area contributed by atoms with Gasteiger partial charge >= 0.3 is 0 Å². The molecule has 28 heavy (non-hydrogen) atoms. The van der Waals surface area contributed by atoms with Crippen molar-refractivity contribution >= 4 is 17.6 Å². The van der Waals surface area contributed by atoms with Gasteiger partial charge in [-0.05, 0) is 44.4 Å². The van der Waals surface area contributed by atoms with Gasteiger partial charge in [0.05, 0.1) is 25.8 Å². The van der Waals surface area contributed by atoms with Gasteiger partial charge in [-0.2, -0.15) is 0 Å². The van der Waals surface area contributed by atoms with E-state index in [0.29, 0.717) is 6.54 Å². The maximum Gasteiger partial charge on any atom is 0.191 e. The highest BCUT2D eigenvalue weighted by Gasteiger charge is 2.22. The fourth-order valence-electron chi connectivity index (χ4n) is 3.23. The van der Waals surface area contributed by atoms with Crippen LogP contribution in [-0.2, 0) is 9.47 Å². The Morgan fingerprint density at radius 1 is 1.25 bits per heavy atom. The molecule has 0 amide bonds. The lowest BCUT2D eigenvalue weighted by molar-refractivity contribution is 0.0180. The fraction of sp³-hybridized carbons (Fsp3) is 0.667. The third kappa shape index (κ3) is 8.35. The number of morpholine rings is 1. The molecule has 1 aliphatic rings. The van der Waals surface area contributed by atoms with E-state index in [1.165, 1.54) is 5.56 Å². The molecule has 1 saturated heterocycles. The Hall–Kier alpha value is -1.34. The molecule has 0 aromatic heterocycles. The molecule has 1 atom stereocenters. The first-order valence-corrected chi connectivity index (χ1v) is 10.8. The topological polar surface area (TPSA) is 58.1 Å². The van der Waals surface area contributed by atoms with Gasteiger partial charge in [0, 0.05) is 44.4 Å². The van der Waals surface area contributed by atoms with Crippen molar-refractivity contribution in [3.8, 4) is 0 Å². The van der Waals surface area contributed by atoms with Crippen molar-refractivity contribution in [2.45, 2.75) is 32.7 Å². The number of hydrogen-bond acceptors (Lipinski definition) is 4. The first kappa shape index (κ1) is 22.9. The molecule has 1 fully saturated rings. The molecule has 2 N–H and O–H groups in total. The van der Waals surface area contributed by atoms with Crippen LogP contribution in [0.2, 0.25) is 5.02 Å². The summed E-state index contributed by atoms with van der Waals surface area (Å²) >= 11 is 6.25. The molecule has 1 aromatic rings. The van der Waals surface area contributed by atoms with Crippen LogP contribution in [0.4, 0.5) is 0 Å². The normalized spacial score (nSPS) is 16.8. The second kappa shape index (κ2) is 13.8. The Morgan fingerprint density at radius 2 is 2.07 bits per heavy atom. The van der Waals surface area contributed by atoms with E-state index in [1.54, 1.807) is 0 Å². The minimum atomic E-state index is 0.191. The van der Waals surface area contributed by atoms with E-state index in [9.17, 15) is 0 Å². The zero-order valence-electron chi connectivity index (χ0n) is 17.3. The van der Waals surface area contributed by atoms with Crippen molar-refractivity contribution < 1.29 is 9.47 Å². The second-order valence-corrected chi connectivity index (χ2v) is 7.21. The maximum atomic E-state index is 6.25. The third-order valence-electron chi connectivity index (χ3n) is 4.70. The molecule has 0 bridgehead atoms. The van der Waals surface area contributed by atoms with Gasteiger partial charge in [0.1, 0.15) is 0 Å². The first-order chi connectivity index (χ1) is 13.7. The molecule has 6 nitrogen and oxygen atoms in total. The van der Waals surface area contributed by atoms with Crippen LogP contribution in [0.25, 0.3) is 0 Å². The summed E-state index contributed by atoms with van der Waals surface area (Å²) in [7, 11) is 0. The summed E-state index contributed by atoms with van der Waals surface area (Å²) in [6.45, 7) is 11.5. The number of benzene rings is 1. The van der Waals surface area contributed by atoms with E-state index in [-0.39, 0.29) is 6.04 Å². The van der Waals surface area contributed by atoms with Crippen molar-refractivity contribution in [1.82, 2.24) is 15.5 Å². The number of aliphatic imine (C=N–C) groups is 1. The molecular formula is C21H35ClN4O2. The number of ether oxygens (including phenoxy) is 2. The van der Waals surface area contributed by atoms with Crippen molar-refractivity contribution in [2.75, 3.05) is 59.2 Å². The van der Waals surface area contributed by atoms with Crippen LogP contribution in [0.1, 0.15) is 38.3 Å². The number of unbranched alkanes of at least 4 members (excludes halogenated alkanes) is 1. The molecule has 1 aliphatic heterocycles. The lowest BCUT2D eigenvalue weighted by Gasteiger charge is -2.34. The van der Waals surface area contributed by atoms with Gasteiger partial charge in [-0.25, -0.2) is 0 Å². The summed E-state index contributed by atoms with van der Waals surface area (Å²) in [5, 5.41) is 7.54. The van der Waals surface area contributed by atoms with Crippen LogP contribution in [0, 0.1) is 0 Å². The standard InChI is InChI=1S/C21H35ClN4O2/c1-3-23-21(24-10-5-6-13-27-4-2)25-17-20(26-11-14-28-15-12-26)18-8-7-9-19(22)16-18/h7-9,16,20H,3-6,10-15,17H2,1-2H3,(H2,23,24,25). The Morgan fingerprint density at radius 3 is 2.79 bits per heavy atom. The number of hydrogen-bond donors (Lipinski definition) is 2. The van der Waals surface area contributed by atoms with Gasteiger partial charge < -0.3 is 20.1 Å². The molecule has 2 rings (SSSR count). The van der Waals surface area contributed by atoms with Gasteiger partial charge in [0.25, 0.3) is 0 Å². The molecule has 0 radical (unpaired) electrons. The Balaban J connectivity index is 1.98. The van der Waals surface area contributed by atoms with Gasteiger partial charge in [-0.1, -0.05) is 23.7 Å². The van der Waals surface area contributed by atoms with E-state index in [1.807, 2.05) is 25.1 Å². The Kier molecular flexibility index (Phi) is 11.3. The summed E-state index contributed by atoms with van der Waals surface area (Å²) in [4.78, 5) is 7.30. The Labute approximate surface area is 174 Å². The minimum Gasteiger partial charge on any atom is -0.382 e. The number of rotatable bonds is 11. The lowest BCUT2D eigenvalue weighted by atomic mass is 10.0. The van der Waals surface area contributed by atoms with Crippen molar-refractivity contribution in [3.05, 3.63) is 34.9 Å². The highest BCUT2D eigenvalue weighted by atomic mass is 35.5. The monoisotopic (exact) mass is 410 g/mol. The lowest BCUT2D eigenvalue weighted by Crippen LogP contribution is -2.42. The van der Waals surface area contributed by atoms with E-state index in [2.05, 4.69) is 28.5 Å². The number of guanidine groups is 1. The quantitative estimate of drug-likeness (QED) is 0.333. The van der Waals surface area contributed by atoms with Crippen LogP contribution < -0.4 is 10.6 Å². The molecule has 0 spiro atoms. The van der Waals surface area contributed by atoms with E-state index in [0.717, 1.165) is 76.4 Å². The molecule has 1 heterocycles. The van der Waals surface area contributed by atoms with Crippen LogP contribution in [0.15, 0.2) is 29.3 Å². The molecular weight excluding hydrogens is 376 g/mol. The van der Waals surface area contributed by atoms with Crippen molar-refractivity contribution in [1.29, 1.82) is 0 Å². The molecule has 1 unspecified atom stereocenters. The largest absolute Gasteiger partial charge is 0.382 e. The van der Waals surface area contributed by atoms with Crippen molar-refractivity contribution in [2.24, 2.45) is 4.99 Å². The second-order valence-electron chi connectivity index (χ2n) is 6.77. The predicted octanol–water partition coefficient (Wildman–Crippen LogP) is 3.09. The predicted molar refractivity (Wildman–Crippen MR) is 116 cm³/mol. The van der Waals surface area contributed by atoms with Gasteiger partial charge in [-0.15, -0.1) is 0 Å². The van der Waals surface area contributed by atoms with Crippen molar-refractivity contribution in [3.63, 3.8) is 0 Å². The summed E-state index contributed by atoms with van der Waals surface area (Å²) in [6, 6.07) is 8.30. The fourth-order valence-corrected chi connectivity index (χ4v) is 3.43. The SMILES string of the molecule is CCNC(=NCC(c1cccc(Cl)c1)N1CCOCC1)NCCCCOCC. The first-order valence-electron chi connectivity index (χ1n) is 10.4. The summed E-state index contributed by atoms with van der Waals surface area (Å²) in [5.74, 6) is 0.860. The van der Waals surface area contributed by atoms with Gasteiger partial charge in [0.2, 0.25) is 0 Å². The van der Waals surface area contributed by atoms with E-state index < -0.39 is 0 Å². The van der Waals surface area contributed by atoms with Crippen LogP contribution in [-0.4, -0.2) is 70.0 Å². The molecule has 0 aliphatic carbocycles. The molecule has 1 aromatic carbocycles. The number of nitrogens with zero attached hydrogens (tertiary/aromatic N) is 2. The summed E-state index contributed by atoms with van der Waals surface area (Å²) < 4.78 is 10.9. The third-order valence-corrected chi connectivity index (χ3v) is 4.93. The van der Waals surface area contributed by atoms with Gasteiger partial charge in [0.15, 0.2) is 5.96 Å². The minimum absolute atomic E-state index is 0.191. The average molecular weight is 411 g/mol. The smallest absolute Gasteiger partial charge is 0.191 e. The Bertz CT molecular complexity index is 579. The number of halogens is 1. The summed E-state index contributed by atoms with van der Waals surface area (Å²) in [5.41, 5.74) is 1.20. The number of nitrogens with one attached hydrogen (secondary N) is 2. The summed E-state index contributed by atoms with van der Waals surface area (Å²) in [6.07, 6.45) is 2.12. The zero-order valence-corrected chi connectivity index (χ0v) is 18.0. The zero-order chi connectivity index (χ0) is 20.0. The maximum absolute atomic E-state index is 6.25. The molecule has 158 valence electrons.